The molecule has 0 aromatic heterocycles. The minimum absolute atomic E-state index is 0.0371. The molecule has 0 aliphatic heterocycles. The van der Waals surface area contributed by atoms with Crippen molar-refractivity contribution in [2.24, 2.45) is 5.73 Å². The van der Waals surface area contributed by atoms with Gasteiger partial charge in [0, 0.05) is 18.2 Å². The monoisotopic (exact) mass is 299 g/mol. The molecule has 5 nitrogen and oxygen atoms in total. The number of aliphatic hydroxyl groups is 1. The summed E-state index contributed by atoms with van der Waals surface area (Å²) in [6, 6.07) is 6.38. The molecule has 1 aromatic carbocycles. The molecule has 3 N–H and O–H groups in total. The molecular formula is C14H21NO4S. The van der Waals surface area contributed by atoms with Gasteiger partial charge >= 0.3 is 0 Å². The van der Waals surface area contributed by atoms with Crippen molar-refractivity contribution in [2.45, 2.75) is 42.2 Å². The highest BCUT2D eigenvalue weighted by Gasteiger charge is 2.33. The fourth-order valence-electron chi connectivity index (χ4n) is 2.54. The van der Waals surface area contributed by atoms with E-state index in [2.05, 4.69) is 0 Å². The van der Waals surface area contributed by atoms with E-state index in [0.29, 0.717) is 12.2 Å². The Labute approximate surface area is 119 Å². The lowest BCUT2D eigenvalue weighted by molar-refractivity contribution is 0.0728. The van der Waals surface area contributed by atoms with Gasteiger partial charge in [0.2, 0.25) is 0 Å². The van der Waals surface area contributed by atoms with Gasteiger partial charge in [-0.05, 0) is 43.5 Å². The molecule has 20 heavy (non-hydrogen) atoms. The molecule has 1 saturated carbocycles. The quantitative estimate of drug-likeness (QED) is 0.869. The zero-order valence-electron chi connectivity index (χ0n) is 11.6. The van der Waals surface area contributed by atoms with Crippen molar-refractivity contribution in [1.29, 1.82) is 0 Å². The standard InChI is InChI=1S/C14H21NO4S/c1-20(17,18)13-6-4-11(5-7-13)19-12-3-2-8-14(15,9-12)10-16/h4-7,12,16H,2-3,8-10,15H2,1H3. The summed E-state index contributed by atoms with van der Waals surface area (Å²) in [5.41, 5.74) is 5.51. The number of ether oxygens (including phenoxy) is 1. The van der Waals surface area contributed by atoms with Crippen LogP contribution < -0.4 is 10.5 Å². The Kier molecular flexibility index (Phi) is 4.36. The summed E-state index contributed by atoms with van der Waals surface area (Å²) >= 11 is 0. The lowest BCUT2D eigenvalue weighted by Crippen LogP contribution is -2.50. The van der Waals surface area contributed by atoms with Crippen LogP contribution in [0.15, 0.2) is 29.2 Å². The van der Waals surface area contributed by atoms with Crippen LogP contribution in [0, 0.1) is 0 Å². The Morgan fingerprint density at radius 2 is 2.05 bits per heavy atom. The third-order valence-corrected chi connectivity index (χ3v) is 4.83. The zero-order chi connectivity index (χ0) is 14.8. The molecule has 0 saturated heterocycles. The summed E-state index contributed by atoms with van der Waals surface area (Å²) in [5.74, 6) is 0.629. The molecule has 2 unspecified atom stereocenters. The number of hydrogen-bond acceptors (Lipinski definition) is 5. The highest BCUT2D eigenvalue weighted by Crippen LogP contribution is 2.29. The largest absolute Gasteiger partial charge is 0.490 e. The third-order valence-electron chi connectivity index (χ3n) is 3.70. The smallest absolute Gasteiger partial charge is 0.175 e. The Hall–Kier alpha value is -1.11. The van der Waals surface area contributed by atoms with Crippen molar-refractivity contribution in [3.8, 4) is 5.75 Å². The van der Waals surface area contributed by atoms with Crippen molar-refractivity contribution in [3.05, 3.63) is 24.3 Å². The zero-order valence-corrected chi connectivity index (χ0v) is 12.4. The van der Waals surface area contributed by atoms with E-state index in [1.807, 2.05) is 0 Å². The van der Waals surface area contributed by atoms with Gasteiger partial charge in [0.15, 0.2) is 9.84 Å². The number of benzene rings is 1. The molecule has 0 heterocycles. The van der Waals surface area contributed by atoms with Crippen LogP contribution >= 0.6 is 0 Å². The van der Waals surface area contributed by atoms with E-state index in [9.17, 15) is 13.5 Å². The Balaban J connectivity index is 2.03. The average molecular weight is 299 g/mol. The fourth-order valence-corrected chi connectivity index (χ4v) is 3.17. The molecule has 6 heteroatoms. The van der Waals surface area contributed by atoms with Crippen LogP contribution in [-0.4, -0.2) is 38.0 Å². The SMILES string of the molecule is CS(=O)(=O)c1ccc(OC2CCCC(N)(CO)C2)cc1. The minimum atomic E-state index is -3.18. The average Bonchev–Trinajstić information content (AvgIpc) is 2.38. The highest BCUT2D eigenvalue weighted by molar-refractivity contribution is 7.90. The van der Waals surface area contributed by atoms with E-state index in [1.54, 1.807) is 12.1 Å². The molecule has 1 aliphatic rings. The van der Waals surface area contributed by atoms with E-state index in [4.69, 9.17) is 10.5 Å². The number of nitrogens with two attached hydrogens (primary N) is 1. The molecule has 2 atom stereocenters. The highest BCUT2D eigenvalue weighted by atomic mass is 32.2. The summed E-state index contributed by atoms with van der Waals surface area (Å²) in [6.45, 7) is -0.0418. The molecular weight excluding hydrogens is 278 g/mol. The maximum absolute atomic E-state index is 11.4. The summed E-state index contributed by atoms with van der Waals surface area (Å²) < 4.78 is 28.6. The maximum Gasteiger partial charge on any atom is 0.175 e. The topological polar surface area (TPSA) is 89.6 Å². The first kappa shape index (κ1) is 15.3. The molecule has 0 bridgehead atoms. The third kappa shape index (κ3) is 3.71. The second-order valence-electron chi connectivity index (χ2n) is 5.60. The minimum Gasteiger partial charge on any atom is -0.490 e. The molecule has 0 spiro atoms. The van der Waals surface area contributed by atoms with Crippen LogP contribution in [0.5, 0.6) is 5.75 Å². The van der Waals surface area contributed by atoms with Crippen molar-refractivity contribution in [3.63, 3.8) is 0 Å². The Morgan fingerprint density at radius 1 is 1.40 bits per heavy atom. The number of hydrogen-bond donors (Lipinski definition) is 2. The van der Waals surface area contributed by atoms with Crippen molar-refractivity contribution < 1.29 is 18.3 Å². The normalized spacial score (nSPS) is 27.2. The number of sulfone groups is 1. The summed E-state index contributed by atoms with van der Waals surface area (Å²) in [5, 5.41) is 9.31. The summed E-state index contributed by atoms with van der Waals surface area (Å²) in [6.07, 6.45) is 4.36. The Morgan fingerprint density at radius 3 is 2.60 bits per heavy atom. The van der Waals surface area contributed by atoms with Crippen LogP contribution in [0.1, 0.15) is 25.7 Å². The lowest BCUT2D eigenvalue weighted by Gasteiger charge is -2.36. The van der Waals surface area contributed by atoms with Gasteiger partial charge in [0.25, 0.3) is 0 Å². The molecule has 112 valence electrons. The van der Waals surface area contributed by atoms with Crippen molar-refractivity contribution >= 4 is 9.84 Å². The predicted molar refractivity (Wildman–Crippen MR) is 76.4 cm³/mol. The lowest BCUT2D eigenvalue weighted by atomic mass is 9.81. The van der Waals surface area contributed by atoms with Crippen molar-refractivity contribution in [2.75, 3.05) is 12.9 Å². The van der Waals surface area contributed by atoms with E-state index >= 15 is 0 Å². The molecule has 0 amide bonds. The van der Waals surface area contributed by atoms with Gasteiger partial charge in [-0.15, -0.1) is 0 Å². The van der Waals surface area contributed by atoms with Crippen LogP contribution in [-0.2, 0) is 9.84 Å². The van der Waals surface area contributed by atoms with Gasteiger partial charge in [-0.2, -0.15) is 0 Å². The van der Waals surface area contributed by atoms with E-state index < -0.39 is 15.4 Å². The predicted octanol–water partition coefficient (Wildman–Crippen LogP) is 1.10. The van der Waals surface area contributed by atoms with Gasteiger partial charge in [-0.3, -0.25) is 0 Å². The first-order valence-electron chi connectivity index (χ1n) is 6.69. The van der Waals surface area contributed by atoms with Gasteiger partial charge in [-0.25, -0.2) is 8.42 Å². The second kappa shape index (κ2) is 5.71. The molecule has 2 rings (SSSR count). The van der Waals surface area contributed by atoms with E-state index in [1.165, 1.54) is 18.4 Å². The first-order chi connectivity index (χ1) is 9.32. The van der Waals surface area contributed by atoms with E-state index in [-0.39, 0.29) is 17.6 Å². The summed E-state index contributed by atoms with van der Waals surface area (Å²) in [4.78, 5) is 0.275. The molecule has 1 fully saturated rings. The van der Waals surface area contributed by atoms with E-state index in [0.717, 1.165) is 19.3 Å². The summed E-state index contributed by atoms with van der Waals surface area (Å²) in [7, 11) is -3.18. The number of rotatable bonds is 4. The maximum atomic E-state index is 11.4. The van der Waals surface area contributed by atoms with Crippen LogP contribution in [0.2, 0.25) is 0 Å². The first-order valence-corrected chi connectivity index (χ1v) is 8.58. The van der Waals surface area contributed by atoms with Crippen LogP contribution in [0.4, 0.5) is 0 Å². The van der Waals surface area contributed by atoms with Gasteiger partial charge in [-0.1, -0.05) is 0 Å². The molecule has 0 radical (unpaired) electrons. The van der Waals surface area contributed by atoms with Crippen LogP contribution in [0.3, 0.4) is 0 Å². The molecule has 1 aliphatic carbocycles. The van der Waals surface area contributed by atoms with Crippen LogP contribution in [0.25, 0.3) is 0 Å². The van der Waals surface area contributed by atoms with Gasteiger partial charge < -0.3 is 15.6 Å². The molecule has 1 aromatic rings. The fraction of sp³-hybridized carbons (Fsp3) is 0.571. The Bertz CT molecular complexity index is 555. The van der Waals surface area contributed by atoms with Gasteiger partial charge in [0.1, 0.15) is 11.9 Å². The van der Waals surface area contributed by atoms with Gasteiger partial charge in [0.05, 0.1) is 11.5 Å². The second-order valence-corrected chi connectivity index (χ2v) is 7.62. The number of aliphatic hydroxyl groups excluding tert-OH is 1. The van der Waals surface area contributed by atoms with Crippen molar-refractivity contribution in [1.82, 2.24) is 0 Å².